The van der Waals surface area contributed by atoms with Gasteiger partial charge in [-0.15, -0.1) is 0 Å². The van der Waals surface area contributed by atoms with Crippen molar-refractivity contribution in [1.82, 2.24) is 9.62 Å². The molecule has 30 heavy (non-hydrogen) atoms. The van der Waals surface area contributed by atoms with Crippen molar-refractivity contribution in [3.8, 4) is 5.75 Å². The van der Waals surface area contributed by atoms with Crippen LogP contribution < -0.4 is 15.4 Å². The fourth-order valence-electron chi connectivity index (χ4n) is 2.85. The van der Waals surface area contributed by atoms with E-state index in [9.17, 15) is 13.2 Å². The zero-order chi connectivity index (χ0) is 21.7. The lowest BCUT2D eigenvalue weighted by atomic mass is 10.3. The van der Waals surface area contributed by atoms with E-state index in [4.69, 9.17) is 28.6 Å². The highest BCUT2D eigenvalue weighted by atomic mass is 79.9. The van der Waals surface area contributed by atoms with Crippen LogP contribution >= 0.6 is 39.7 Å². The Morgan fingerprint density at radius 3 is 2.47 bits per heavy atom. The first-order valence-electron chi connectivity index (χ1n) is 9.04. The first kappa shape index (κ1) is 23.0. The number of ether oxygens (including phenoxy) is 1. The van der Waals surface area contributed by atoms with E-state index in [0.717, 1.165) is 17.3 Å². The van der Waals surface area contributed by atoms with Gasteiger partial charge in [-0.05, 0) is 67.5 Å². The Balaban J connectivity index is 1.51. The van der Waals surface area contributed by atoms with Gasteiger partial charge in [0, 0.05) is 23.2 Å². The average Bonchev–Trinajstić information content (AvgIpc) is 3.23. The summed E-state index contributed by atoms with van der Waals surface area (Å²) < 4.78 is 32.8. The van der Waals surface area contributed by atoms with Crippen molar-refractivity contribution < 1.29 is 17.9 Å². The van der Waals surface area contributed by atoms with Crippen LogP contribution in [0.1, 0.15) is 12.8 Å². The number of anilines is 1. The molecular formula is C19H19BrClN3O4S2. The lowest BCUT2D eigenvalue weighted by Crippen LogP contribution is -2.37. The minimum atomic E-state index is -3.47. The third kappa shape index (κ3) is 5.92. The van der Waals surface area contributed by atoms with Gasteiger partial charge in [0.1, 0.15) is 5.75 Å². The highest BCUT2D eigenvalue weighted by Gasteiger charge is 2.26. The van der Waals surface area contributed by atoms with Crippen molar-refractivity contribution in [2.24, 2.45) is 0 Å². The van der Waals surface area contributed by atoms with Crippen LogP contribution in [0.4, 0.5) is 5.69 Å². The lowest BCUT2D eigenvalue weighted by Gasteiger charge is -2.16. The molecule has 0 bridgehead atoms. The van der Waals surface area contributed by atoms with Crippen LogP contribution in [-0.4, -0.2) is 43.4 Å². The fourth-order valence-corrected chi connectivity index (χ4v) is 5.33. The first-order valence-corrected chi connectivity index (χ1v) is 12.1. The molecule has 0 unspecified atom stereocenters. The van der Waals surface area contributed by atoms with Gasteiger partial charge in [0.15, 0.2) is 11.7 Å². The average molecular weight is 533 g/mol. The van der Waals surface area contributed by atoms with Gasteiger partial charge in [-0.1, -0.05) is 27.5 Å². The third-order valence-electron chi connectivity index (χ3n) is 4.32. The zero-order valence-electron chi connectivity index (χ0n) is 15.7. The minimum absolute atomic E-state index is 0.0700. The second-order valence-electron chi connectivity index (χ2n) is 6.50. The standard InChI is InChI=1S/C19H19BrClN3O4S2/c20-13-3-8-17(16(21)11-13)28-12-18(25)23-19(29)22-14-4-6-15(7-5-14)30(26,27)24-9-1-2-10-24/h3-8,11H,1-2,9-10,12H2,(H2,22,23,25,29). The molecule has 2 aromatic rings. The van der Waals surface area contributed by atoms with Crippen LogP contribution in [0.15, 0.2) is 51.8 Å². The Morgan fingerprint density at radius 2 is 1.83 bits per heavy atom. The number of carbonyl (C=O) groups excluding carboxylic acids is 1. The van der Waals surface area contributed by atoms with E-state index in [1.54, 1.807) is 30.3 Å². The summed E-state index contributed by atoms with van der Waals surface area (Å²) in [5.41, 5.74) is 0.553. The normalized spacial score (nSPS) is 14.3. The third-order valence-corrected chi connectivity index (χ3v) is 7.23. The number of benzene rings is 2. The van der Waals surface area contributed by atoms with Crippen LogP contribution in [0.5, 0.6) is 5.75 Å². The maximum atomic E-state index is 12.5. The van der Waals surface area contributed by atoms with Crippen molar-refractivity contribution in [2.45, 2.75) is 17.7 Å². The van der Waals surface area contributed by atoms with Gasteiger partial charge >= 0.3 is 0 Å². The molecule has 2 N–H and O–H groups in total. The highest BCUT2D eigenvalue weighted by molar-refractivity contribution is 9.10. The molecule has 1 aliphatic heterocycles. The van der Waals surface area contributed by atoms with Gasteiger partial charge in [-0.2, -0.15) is 4.31 Å². The molecule has 1 aliphatic rings. The summed E-state index contributed by atoms with van der Waals surface area (Å²) in [6.45, 7) is 0.828. The molecule has 1 amide bonds. The summed E-state index contributed by atoms with van der Waals surface area (Å²) in [5.74, 6) is -0.0802. The maximum Gasteiger partial charge on any atom is 0.264 e. The number of nitrogens with one attached hydrogen (secondary N) is 2. The van der Waals surface area contributed by atoms with E-state index in [1.807, 2.05) is 0 Å². The van der Waals surface area contributed by atoms with Gasteiger partial charge in [0.05, 0.1) is 9.92 Å². The predicted octanol–water partition coefficient (Wildman–Crippen LogP) is 3.78. The van der Waals surface area contributed by atoms with E-state index in [-0.39, 0.29) is 16.6 Å². The second kappa shape index (κ2) is 10.1. The highest BCUT2D eigenvalue weighted by Crippen LogP contribution is 2.27. The van der Waals surface area contributed by atoms with Crippen molar-refractivity contribution >= 4 is 66.5 Å². The molecule has 0 saturated carbocycles. The molecule has 1 heterocycles. The Labute approximate surface area is 193 Å². The first-order chi connectivity index (χ1) is 14.3. The largest absolute Gasteiger partial charge is 0.482 e. The van der Waals surface area contributed by atoms with Crippen LogP contribution in [0.3, 0.4) is 0 Å². The van der Waals surface area contributed by atoms with Crippen LogP contribution in [0, 0.1) is 0 Å². The molecule has 1 fully saturated rings. The van der Waals surface area contributed by atoms with Crippen molar-refractivity contribution in [1.29, 1.82) is 0 Å². The fraction of sp³-hybridized carbons (Fsp3) is 0.263. The number of amides is 1. The van der Waals surface area contributed by atoms with E-state index in [1.165, 1.54) is 16.4 Å². The lowest BCUT2D eigenvalue weighted by molar-refractivity contribution is -0.121. The summed E-state index contributed by atoms with van der Waals surface area (Å²) in [6, 6.07) is 11.3. The summed E-state index contributed by atoms with van der Waals surface area (Å²) >= 11 is 14.5. The Morgan fingerprint density at radius 1 is 1.17 bits per heavy atom. The van der Waals surface area contributed by atoms with Crippen molar-refractivity contribution in [2.75, 3.05) is 25.0 Å². The van der Waals surface area contributed by atoms with Gasteiger partial charge in [-0.25, -0.2) is 8.42 Å². The van der Waals surface area contributed by atoms with Crippen molar-refractivity contribution in [3.63, 3.8) is 0 Å². The summed E-state index contributed by atoms with van der Waals surface area (Å²) in [7, 11) is -3.47. The molecule has 7 nitrogen and oxygen atoms in total. The Hall–Kier alpha value is -1.72. The molecule has 0 radical (unpaired) electrons. The number of carbonyl (C=O) groups is 1. The van der Waals surface area contributed by atoms with Crippen molar-refractivity contribution in [3.05, 3.63) is 52.0 Å². The van der Waals surface area contributed by atoms with E-state index >= 15 is 0 Å². The smallest absolute Gasteiger partial charge is 0.264 e. The van der Waals surface area contributed by atoms with Gasteiger partial charge < -0.3 is 10.1 Å². The molecule has 0 aromatic heterocycles. The van der Waals surface area contributed by atoms with E-state index in [0.29, 0.717) is 29.5 Å². The molecule has 1 saturated heterocycles. The van der Waals surface area contributed by atoms with Crippen LogP contribution in [0.2, 0.25) is 5.02 Å². The van der Waals surface area contributed by atoms with Gasteiger partial charge in [0.2, 0.25) is 10.0 Å². The predicted molar refractivity (Wildman–Crippen MR) is 123 cm³/mol. The second-order valence-corrected chi connectivity index (χ2v) is 10.2. The molecule has 11 heteroatoms. The monoisotopic (exact) mass is 531 g/mol. The van der Waals surface area contributed by atoms with Crippen LogP contribution in [-0.2, 0) is 14.8 Å². The molecule has 3 rings (SSSR count). The van der Waals surface area contributed by atoms with Gasteiger partial charge in [-0.3, -0.25) is 10.1 Å². The number of halogens is 2. The number of nitrogens with zero attached hydrogens (tertiary/aromatic N) is 1. The summed E-state index contributed by atoms with van der Waals surface area (Å²) in [4.78, 5) is 12.3. The summed E-state index contributed by atoms with van der Waals surface area (Å²) in [6.07, 6.45) is 1.76. The molecular weight excluding hydrogens is 514 g/mol. The Bertz CT molecular complexity index is 1040. The summed E-state index contributed by atoms with van der Waals surface area (Å²) in [5, 5.41) is 5.78. The SMILES string of the molecule is O=C(COc1ccc(Br)cc1Cl)NC(=S)Nc1ccc(S(=O)(=O)N2CCCC2)cc1. The zero-order valence-corrected chi connectivity index (χ0v) is 19.7. The quantitative estimate of drug-likeness (QED) is 0.551. The number of thiocarbonyl (C=S) groups is 1. The number of rotatable bonds is 6. The number of hydrogen-bond donors (Lipinski definition) is 2. The molecule has 2 aromatic carbocycles. The van der Waals surface area contributed by atoms with Crippen LogP contribution in [0.25, 0.3) is 0 Å². The molecule has 0 spiro atoms. The maximum absolute atomic E-state index is 12.5. The Kier molecular flexibility index (Phi) is 7.70. The van der Waals surface area contributed by atoms with E-state index < -0.39 is 15.9 Å². The number of sulfonamides is 1. The molecule has 0 atom stereocenters. The minimum Gasteiger partial charge on any atom is -0.482 e. The molecule has 0 aliphatic carbocycles. The number of hydrogen-bond acceptors (Lipinski definition) is 5. The van der Waals surface area contributed by atoms with Gasteiger partial charge in [0.25, 0.3) is 5.91 Å². The topological polar surface area (TPSA) is 87.7 Å². The van der Waals surface area contributed by atoms with E-state index in [2.05, 4.69) is 26.6 Å². The molecule has 160 valence electrons.